The topological polar surface area (TPSA) is 0 Å². The first-order valence-corrected chi connectivity index (χ1v) is 10.1. The Balaban J connectivity index is 1.51. The molecular formula is C25H21Br. The molecule has 3 aliphatic carbocycles. The van der Waals surface area contributed by atoms with Crippen LogP contribution in [0.3, 0.4) is 0 Å². The van der Waals surface area contributed by atoms with Crippen LogP contribution >= 0.6 is 15.9 Å². The van der Waals surface area contributed by atoms with E-state index in [4.69, 9.17) is 0 Å². The van der Waals surface area contributed by atoms with Crippen molar-refractivity contribution in [1.29, 1.82) is 0 Å². The van der Waals surface area contributed by atoms with E-state index in [2.05, 4.69) is 90.5 Å². The molecule has 0 radical (unpaired) electrons. The van der Waals surface area contributed by atoms with Gasteiger partial charge in [0.2, 0.25) is 0 Å². The number of rotatable bonds is 2. The second kappa shape index (κ2) is 5.96. The van der Waals surface area contributed by atoms with Gasteiger partial charge in [0.15, 0.2) is 0 Å². The first kappa shape index (κ1) is 16.1. The average Bonchev–Trinajstić information content (AvgIpc) is 3.17. The highest BCUT2D eigenvalue weighted by Gasteiger charge is 2.30. The molecule has 0 fully saturated rings. The fourth-order valence-electron chi connectivity index (χ4n) is 4.63. The first-order valence-electron chi connectivity index (χ1n) is 9.31. The molecule has 1 atom stereocenters. The van der Waals surface area contributed by atoms with Gasteiger partial charge in [-0.05, 0) is 82.5 Å². The van der Waals surface area contributed by atoms with E-state index in [0.717, 1.165) is 17.3 Å². The minimum absolute atomic E-state index is 0.459. The first-order chi connectivity index (χ1) is 12.6. The van der Waals surface area contributed by atoms with Crippen molar-refractivity contribution in [1.82, 2.24) is 0 Å². The van der Waals surface area contributed by atoms with Crippen LogP contribution in [0.1, 0.15) is 48.4 Å². The number of allylic oxidation sites excluding steroid dienone is 6. The second-order valence-corrected chi connectivity index (χ2v) is 8.58. The number of halogens is 1. The maximum Gasteiger partial charge on any atom is 0.0181 e. The quantitative estimate of drug-likeness (QED) is 0.498. The van der Waals surface area contributed by atoms with Crippen LogP contribution in [0.5, 0.6) is 0 Å². The molecule has 1 unspecified atom stereocenters. The third kappa shape index (κ3) is 2.49. The van der Waals surface area contributed by atoms with E-state index in [0.29, 0.717) is 5.92 Å². The molecule has 2 aromatic carbocycles. The van der Waals surface area contributed by atoms with Crippen molar-refractivity contribution in [3.8, 4) is 0 Å². The molecule has 0 nitrogen and oxygen atoms in total. The molecule has 0 bridgehead atoms. The Kier molecular flexibility index (Phi) is 3.68. The van der Waals surface area contributed by atoms with Gasteiger partial charge in [-0.15, -0.1) is 0 Å². The van der Waals surface area contributed by atoms with E-state index in [1.807, 2.05) is 0 Å². The Labute approximate surface area is 163 Å². The summed E-state index contributed by atoms with van der Waals surface area (Å²) in [6, 6.07) is 15.5. The van der Waals surface area contributed by atoms with Gasteiger partial charge >= 0.3 is 0 Å². The summed E-state index contributed by atoms with van der Waals surface area (Å²) < 4.78 is 1.15. The Bertz CT molecular complexity index is 1060. The number of fused-ring (bicyclic) bond motifs is 3. The Hall–Kier alpha value is -2.12. The van der Waals surface area contributed by atoms with E-state index in [1.165, 1.54) is 50.1 Å². The van der Waals surface area contributed by atoms with E-state index in [1.54, 1.807) is 0 Å². The smallest absolute Gasteiger partial charge is 0.0181 e. The van der Waals surface area contributed by atoms with Gasteiger partial charge in [-0.2, -0.15) is 0 Å². The average molecular weight is 401 g/mol. The molecule has 0 heterocycles. The van der Waals surface area contributed by atoms with E-state index < -0.39 is 0 Å². The van der Waals surface area contributed by atoms with Crippen molar-refractivity contribution in [3.63, 3.8) is 0 Å². The van der Waals surface area contributed by atoms with Crippen LogP contribution in [-0.2, 0) is 6.42 Å². The van der Waals surface area contributed by atoms with Gasteiger partial charge in [-0.3, -0.25) is 0 Å². The molecule has 1 heteroatoms. The molecule has 5 rings (SSSR count). The lowest BCUT2D eigenvalue weighted by molar-refractivity contribution is 0.894. The molecular weight excluding hydrogens is 380 g/mol. The van der Waals surface area contributed by atoms with Gasteiger partial charge < -0.3 is 0 Å². The molecule has 2 aromatic rings. The summed E-state index contributed by atoms with van der Waals surface area (Å²) in [5.41, 5.74) is 13.1. The predicted octanol–water partition coefficient (Wildman–Crippen LogP) is 7.24. The highest BCUT2D eigenvalue weighted by molar-refractivity contribution is 9.10. The Morgan fingerprint density at radius 3 is 2.69 bits per heavy atom. The lowest BCUT2D eigenvalue weighted by Gasteiger charge is -2.25. The number of hydrogen-bond acceptors (Lipinski definition) is 0. The fourth-order valence-corrected chi connectivity index (χ4v) is 5.01. The van der Waals surface area contributed by atoms with Crippen LogP contribution < -0.4 is 0 Å². The molecule has 0 spiro atoms. The maximum absolute atomic E-state index is 3.63. The normalized spacial score (nSPS) is 20.3. The molecule has 0 amide bonds. The zero-order valence-electron chi connectivity index (χ0n) is 15.1. The largest absolute Gasteiger partial charge is 0.0619 e. The maximum atomic E-state index is 3.63. The van der Waals surface area contributed by atoms with Crippen molar-refractivity contribution >= 4 is 28.1 Å². The van der Waals surface area contributed by atoms with Gasteiger partial charge in [-0.1, -0.05) is 70.9 Å². The van der Waals surface area contributed by atoms with Gasteiger partial charge in [-0.25, -0.2) is 0 Å². The minimum Gasteiger partial charge on any atom is -0.0619 e. The highest BCUT2D eigenvalue weighted by atomic mass is 79.9. The zero-order chi connectivity index (χ0) is 17.8. The van der Waals surface area contributed by atoms with Crippen LogP contribution in [0.2, 0.25) is 0 Å². The van der Waals surface area contributed by atoms with E-state index in [9.17, 15) is 0 Å². The number of benzene rings is 2. The van der Waals surface area contributed by atoms with Gasteiger partial charge in [0.05, 0.1) is 0 Å². The third-order valence-corrected chi connectivity index (χ3v) is 6.50. The van der Waals surface area contributed by atoms with Gasteiger partial charge in [0.25, 0.3) is 0 Å². The summed E-state index contributed by atoms with van der Waals surface area (Å²) in [4.78, 5) is 0. The lowest BCUT2D eigenvalue weighted by atomic mass is 9.79. The SMILES string of the molecule is CC1=C(CC2=Cc3ccccc3C2)C2=Cc3cc(Br)ccc3C(C)C2=C1. The monoisotopic (exact) mass is 400 g/mol. The molecule has 0 N–H and O–H groups in total. The predicted molar refractivity (Wildman–Crippen MR) is 114 cm³/mol. The minimum atomic E-state index is 0.459. The molecule has 0 saturated carbocycles. The van der Waals surface area contributed by atoms with Crippen LogP contribution in [0, 0.1) is 0 Å². The lowest BCUT2D eigenvalue weighted by Crippen LogP contribution is -2.08. The van der Waals surface area contributed by atoms with E-state index in [-0.39, 0.29) is 0 Å². The van der Waals surface area contributed by atoms with Crippen molar-refractivity contribution in [2.75, 3.05) is 0 Å². The molecule has 3 aliphatic rings. The van der Waals surface area contributed by atoms with Gasteiger partial charge in [0.1, 0.15) is 0 Å². The van der Waals surface area contributed by atoms with Crippen LogP contribution in [0.4, 0.5) is 0 Å². The molecule has 0 saturated heterocycles. The highest BCUT2D eigenvalue weighted by Crippen LogP contribution is 2.48. The van der Waals surface area contributed by atoms with Crippen molar-refractivity contribution in [2.24, 2.45) is 0 Å². The van der Waals surface area contributed by atoms with Crippen LogP contribution in [0.25, 0.3) is 12.2 Å². The van der Waals surface area contributed by atoms with Crippen LogP contribution in [0.15, 0.2) is 80.9 Å². The summed E-state index contributed by atoms with van der Waals surface area (Å²) >= 11 is 3.63. The summed E-state index contributed by atoms with van der Waals surface area (Å²) in [6.45, 7) is 4.62. The second-order valence-electron chi connectivity index (χ2n) is 7.67. The summed E-state index contributed by atoms with van der Waals surface area (Å²) in [7, 11) is 0. The van der Waals surface area contributed by atoms with Crippen LogP contribution in [-0.4, -0.2) is 0 Å². The number of hydrogen-bond donors (Lipinski definition) is 0. The summed E-state index contributed by atoms with van der Waals surface area (Å²) in [6.07, 6.45) is 9.36. The summed E-state index contributed by atoms with van der Waals surface area (Å²) in [5, 5.41) is 0. The molecule has 0 aliphatic heterocycles. The van der Waals surface area contributed by atoms with Crippen molar-refractivity contribution in [3.05, 3.63) is 103 Å². The van der Waals surface area contributed by atoms with Crippen molar-refractivity contribution < 1.29 is 0 Å². The molecule has 26 heavy (non-hydrogen) atoms. The fraction of sp³-hybridized carbons (Fsp3) is 0.200. The molecule has 0 aromatic heterocycles. The Morgan fingerprint density at radius 1 is 1.00 bits per heavy atom. The van der Waals surface area contributed by atoms with Crippen molar-refractivity contribution in [2.45, 2.75) is 32.6 Å². The third-order valence-electron chi connectivity index (χ3n) is 6.00. The standard InChI is InChI=1S/C25H21Br/c1-15-9-24-16(2)22-8-7-21(26)13-20(22)14-25(24)23(15)12-17-10-18-5-3-4-6-19(18)11-17/h3-10,13-14,16H,11-12H2,1-2H3. The van der Waals surface area contributed by atoms with Gasteiger partial charge in [0, 0.05) is 10.4 Å². The zero-order valence-corrected chi connectivity index (χ0v) is 16.7. The molecule has 128 valence electrons. The van der Waals surface area contributed by atoms with E-state index >= 15 is 0 Å². The Morgan fingerprint density at radius 2 is 1.85 bits per heavy atom. The summed E-state index contributed by atoms with van der Waals surface area (Å²) in [5.74, 6) is 0.459.